The van der Waals surface area contributed by atoms with Crippen molar-refractivity contribution in [1.29, 1.82) is 0 Å². The van der Waals surface area contributed by atoms with Crippen molar-refractivity contribution in [3.8, 4) is 0 Å². The summed E-state index contributed by atoms with van der Waals surface area (Å²) < 4.78 is 0. The van der Waals surface area contributed by atoms with Crippen LogP contribution in [0.5, 0.6) is 0 Å². The van der Waals surface area contributed by atoms with Crippen LogP contribution in [0.2, 0.25) is 0 Å². The number of likely N-dealkylation sites (tertiary alicyclic amines) is 1. The first-order valence-corrected chi connectivity index (χ1v) is 10.6. The van der Waals surface area contributed by atoms with E-state index < -0.39 is 0 Å². The Balaban J connectivity index is 1.38. The van der Waals surface area contributed by atoms with E-state index in [1.807, 2.05) is 34.5 Å². The van der Waals surface area contributed by atoms with E-state index >= 15 is 0 Å². The lowest BCUT2D eigenvalue weighted by molar-refractivity contribution is -0.131. The summed E-state index contributed by atoms with van der Waals surface area (Å²) in [4.78, 5) is 27.4. The van der Waals surface area contributed by atoms with E-state index in [2.05, 4.69) is 27.0 Å². The number of benzene rings is 1. The Morgan fingerprint density at radius 1 is 1.14 bits per heavy atom. The summed E-state index contributed by atoms with van der Waals surface area (Å²) in [7, 11) is 0. The zero-order valence-electron chi connectivity index (χ0n) is 15.6. The number of fused-ring (bicyclic) bond motifs is 1. The van der Waals surface area contributed by atoms with Crippen LogP contribution in [0.1, 0.15) is 24.3 Å². The van der Waals surface area contributed by atoms with Crippen LogP contribution in [0.4, 0.5) is 5.82 Å². The molecule has 0 saturated carbocycles. The Hall–Kier alpha value is -2.51. The van der Waals surface area contributed by atoms with E-state index in [1.165, 1.54) is 5.56 Å². The largest absolute Gasteiger partial charge is 0.344 e. The highest BCUT2D eigenvalue weighted by Crippen LogP contribution is 2.34. The minimum absolute atomic E-state index is 0.0242. The number of hydrogen-bond donors (Lipinski definition) is 1. The van der Waals surface area contributed by atoms with Crippen molar-refractivity contribution in [3.63, 3.8) is 0 Å². The first-order valence-electron chi connectivity index (χ1n) is 9.76. The lowest BCUT2D eigenvalue weighted by Crippen LogP contribution is -2.46. The van der Waals surface area contributed by atoms with Gasteiger partial charge in [-0.15, -0.1) is 11.3 Å². The second-order valence-corrected chi connectivity index (χ2v) is 8.51. The molecule has 7 heteroatoms. The zero-order chi connectivity index (χ0) is 19.1. The summed E-state index contributed by atoms with van der Waals surface area (Å²) >= 11 is 1.60. The molecule has 2 aliphatic heterocycles. The van der Waals surface area contributed by atoms with Crippen molar-refractivity contribution >= 4 is 33.3 Å². The molecule has 3 aromatic rings. The SMILES string of the molecule is N[C@@H]1CN(C(=O)C2CCCN2c2ncnc3sccc23)C[C@H]1c1ccccc1. The van der Waals surface area contributed by atoms with Crippen LogP contribution in [-0.2, 0) is 4.79 Å². The van der Waals surface area contributed by atoms with Gasteiger partial charge in [-0.3, -0.25) is 4.79 Å². The van der Waals surface area contributed by atoms with Gasteiger partial charge in [0.15, 0.2) is 0 Å². The average Bonchev–Trinajstić information content (AvgIpc) is 3.47. The van der Waals surface area contributed by atoms with Crippen molar-refractivity contribution in [1.82, 2.24) is 14.9 Å². The highest BCUT2D eigenvalue weighted by atomic mass is 32.1. The molecule has 2 aliphatic rings. The maximum atomic E-state index is 13.4. The summed E-state index contributed by atoms with van der Waals surface area (Å²) in [6.07, 6.45) is 3.45. The van der Waals surface area contributed by atoms with Gasteiger partial charge in [-0.05, 0) is 29.9 Å². The first-order chi connectivity index (χ1) is 13.7. The molecule has 2 saturated heterocycles. The number of carbonyl (C=O) groups excluding carboxylic acids is 1. The average molecular weight is 394 g/mol. The van der Waals surface area contributed by atoms with Gasteiger partial charge in [0, 0.05) is 31.6 Å². The predicted molar refractivity (Wildman–Crippen MR) is 112 cm³/mol. The molecule has 144 valence electrons. The predicted octanol–water partition coefficient (Wildman–Crippen LogP) is 2.61. The Labute approximate surface area is 168 Å². The summed E-state index contributed by atoms with van der Waals surface area (Å²) in [6, 6.07) is 12.1. The zero-order valence-corrected chi connectivity index (χ0v) is 16.4. The van der Waals surface area contributed by atoms with Gasteiger partial charge < -0.3 is 15.5 Å². The molecule has 0 spiro atoms. The van der Waals surface area contributed by atoms with Crippen molar-refractivity contribution in [2.45, 2.75) is 30.8 Å². The van der Waals surface area contributed by atoms with Crippen molar-refractivity contribution in [3.05, 3.63) is 53.7 Å². The number of hydrogen-bond acceptors (Lipinski definition) is 6. The summed E-state index contributed by atoms with van der Waals surface area (Å²) in [5.41, 5.74) is 7.63. The monoisotopic (exact) mass is 393 g/mol. The highest BCUT2D eigenvalue weighted by Gasteiger charge is 2.40. The molecule has 4 heterocycles. The number of aromatic nitrogens is 2. The summed E-state index contributed by atoms with van der Waals surface area (Å²) in [5, 5.41) is 3.06. The van der Waals surface area contributed by atoms with Gasteiger partial charge >= 0.3 is 0 Å². The maximum Gasteiger partial charge on any atom is 0.245 e. The highest BCUT2D eigenvalue weighted by molar-refractivity contribution is 7.16. The smallest absolute Gasteiger partial charge is 0.245 e. The lowest BCUT2D eigenvalue weighted by atomic mass is 9.95. The van der Waals surface area contributed by atoms with E-state index in [-0.39, 0.29) is 23.9 Å². The minimum Gasteiger partial charge on any atom is -0.344 e. The fraction of sp³-hybridized carbons (Fsp3) is 0.381. The van der Waals surface area contributed by atoms with E-state index in [0.717, 1.165) is 35.4 Å². The van der Waals surface area contributed by atoms with Crippen molar-refractivity contribution < 1.29 is 4.79 Å². The van der Waals surface area contributed by atoms with Gasteiger partial charge in [-0.2, -0.15) is 0 Å². The molecular formula is C21H23N5OS. The third-order valence-corrected chi connectivity index (χ3v) is 6.78. The van der Waals surface area contributed by atoms with Crippen molar-refractivity contribution in [2.75, 3.05) is 24.5 Å². The first kappa shape index (κ1) is 17.6. The molecule has 2 aromatic heterocycles. The van der Waals surface area contributed by atoms with E-state index in [1.54, 1.807) is 17.7 Å². The van der Waals surface area contributed by atoms with Crippen LogP contribution < -0.4 is 10.6 Å². The normalized spacial score (nSPS) is 25.0. The van der Waals surface area contributed by atoms with Crippen LogP contribution in [0, 0.1) is 0 Å². The second-order valence-electron chi connectivity index (χ2n) is 7.61. The fourth-order valence-electron chi connectivity index (χ4n) is 4.56. The quantitative estimate of drug-likeness (QED) is 0.740. The minimum atomic E-state index is -0.167. The molecule has 28 heavy (non-hydrogen) atoms. The van der Waals surface area contributed by atoms with Crippen LogP contribution >= 0.6 is 11.3 Å². The summed E-state index contributed by atoms with van der Waals surface area (Å²) in [5.74, 6) is 1.25. The number of nitrogens with two attached hydrogens (primary N) is 1. The Morgan fingerprint density at radius 3 is 2.86 bits per heavy atom. The number of anilines is 1. The number of carbonyl (C=O) groups is 1. The molecule has 5 rings (SSSR count). The van der Waals surface area contributed by atoms with Gasteiger partial charge in [-0.1, -0.05) is 30.3 Å². The molecule has 1 amide bonds. The van der Waals surface area contributed by atoms with Crippen LogP contribution in [0.15, 0.2) is 48.1 Å². The lowest BCUT2D eigenvalue weighted by Gasteiger charge is -2.29. The molecule has 1 unspecified atom stereocenters. The van der Waals surface area contributed by atoms with Gasteiger partial charge in [0.1, 0.15) is 23.0 Å². The molecule has 0 radical (unpaired) electrons. The molecule has 3 atom stereocenters. The molecule has 0 aliphatic carbocycles. The Morgan fingerprint density at radius 2 is 2.00 bits per heavy atom. The molecule has 2 N–H and O–H groups in total. The molecule has 2 fully saturated rings. The standard InChI is InChI=1S/C21H23N5OS/c22-17-12-25(11-16(17)14-5-2-1-3-6-14)21(27)18-7-4-9-26(18)19-15-8-10-28-20(15)24-13-23-19/h1-3,5-6,8,10,13,16-18H,4,7,9,11-12,22H2/t16-,17+,18?/m0/s1. The second kappa shape index (κ2) is 7.14. The van der Waals surface area contributed by atoms with Crippen LogP contribution in [-0.4, -0.2) is 52.5 Å². The molecule has 0 bridgehead atoms. The maximum absolute atomic E-state index is 13.4. The topological polar surface area (TPSA) is 75.3 Å². The van der Waals surface area contributed by atoms with Gasteiger partial charge in [0.25, 0.3) is 0 Å². The molecule has 1 aromatic carbocycles. The van der Waals surface area contributed by atoms with Gasteiger partial charge in [0.05, 0.1) is 5.39 Å². The number of rotatable bonds is 3. The third-order valence-electron chi connectivity index (χ3n) is 5.96. The Bertz CT molecular complexity index is 991. The number of amides is 1. The Kier molecular flexibility index (Phi) is 4.49. The molecule has 6 nitrogen and oxygen atoms in total. The van der Waals surface area contributed by atoms with Crippen LogP contribution in [0.25, 0.3) is 10.2 Å². The number of nitrogens with zero attached hydrogens (tertiary/aromatic N) is 4. The van der Waals surface area contributed by atoms with Gasteiger partial charge in [0.2, 0.25) is 5.91 Å². The van der Waals surface area contributed by atoms with E-state index in [0.29, 0.717) is 13.1 Å². The summed E-state index contributed by atoms with van der Waals surface area (Å²) in [6.45, 7) is 2.15. The number of thiophene rings is 1. The van der Waals surface area contributed by atoms with Crippen LogP contribution in [0.3, 0.4) is 0 Å². The van der Waals surface area contributed by atoms with Crippen molar-refractivity contribution in [2.24, 2.45) is 5.73 Å². The van der Waals surface area contributed by atoms with E-state index in [4.69, 9.17) is 5.73 Å². The van der Waals surface area contributed by atoms with E-state index in [9.17, 15) is 4.79 Å². The van der Waals surface area contributed by atoms with Gasteiger partial charge in [-0.25, -0.2) is 9.97 Å². The molecular weight excluding hydrogens is 370 g/mol. The third kappa shape index (κ3) is 2.95. The fourth-order valence-corrected chi connectivity index (χ4v) is 5.28.